The number of aliphatic carboxylic acids is 1. The highest BCUT2D eigenvalue weighted by Gasteiger charge is 2.36. The number of benzene rings is 1. The van der Waals surface area contributed by atoms with Crippen LogP contribution >= 0.6 is 24.0 Å². The number of hydrogen-bond donors (Lipinski definition) is 1. The third-order valence-corrected chi connectivity index (χ3v) is 5.19. The number of carbonyl (C=O) groups is 2. The van der Waals surface area contributed by atoms with Crippen LogP contribution in [-0.4, -0.2) is 37.7 Å². The fourth-order valence-electron chi connectivity index (χ4n) is 2.53. The number of thiocarbonyl (C=S) groups is 1. The van der Waals surface area contributed by atoms with Gasteiger partial charge in [-0.2, -0.15) is 0 Å². The standard InChI is InChI=1S/C17H12N2O6S2/c20-13(21)6-7-18-16(22)15(27-17(18)26)14(12-5-2-8-25-12)10-3-1-4-11(9-10)19(23)24/h1-5,8-9H,6-7H2,(H,20,21). The maximum Gasteiger partial charge on any atom is 0.305 e. The molecule has 0 atom stereocenters. The Balaban J connectivity index is 2.10. The van der Waals surface area contributed by atoms with Crippen molar-refractivity contribution < 1.29 is 24.0 Å². The molecule has 0 saturated carbocycles. The van der Waals surface area contributed by atoms with Gasteiger partial charge in [-0.15, -0.1) is 0 Å². The van der Waals surface area contributed by atoms with Gasteiger partial charge in [0.1, 0.15) is 10.1 Å². The number of furan rings is 1. The second kappa shape index (κ2) is 7.72. The van der Waals surface area contributed by atoms with Crippen LogP contribution in [0.4, 0.5) is 5.69 Å². The summed E-state index contributed by atoms with van der Waals surface area (Å²) >= 11 is 6.23. The SMILES string of the molecule is O=C(O)CCN1C(=O)C(=C(c2cccc([N+](=O)[O-])c2)c2ccco2)SC1=S. The first-order chi connectivity index (χ1) is 12.9. The second-order valence-corrected chi connectivity index (χ2v) is 7.10. The molecule has 1 fully saturated rings. The number of amides is 1. The van der Waals surface area contributed by atoms with E-state index in [0.717, 1.165) is 11.8 Å². The molecule has 2 heterocycles. The van der Waals surface area contributed by atoms with E-state index in [0.29, 0.717) is 16.9 Å². The summed E-state index contributed by atoms with van der Waals surface area (Å²) < 4.78 is 5.66. The van der Waals surface area contributed by atoms with E-state index in [1.54, 1.807) is 18.2 Å². The summed E-state index contributed by atoms with van der Waals surface area (Å²) in [4.78, 5) is 35.7. The van der Waals surface area contributed by atoms with E-state index in [1.807, 2.05) is 0 Å². The molecule has 0 spiro atoms. The zero-order valence-electron chi connectivity index (χ0n) is 13.7. The van der Waals surface area contributed by atoms with Gasteiger partial charge in [-0.3, -0.25) is 24.6 Å². The molecule has 0 unspecified atom stereocenters. The number of carboxylic acids is 1. The predicted molar refractivity (Wildman–Crippen MR) is 102 cm³/mol. The van der Waals surface area contributed by atoms with E-state index in [2.05, 4.69) is 0 Å². The summed E-state index contributed by atoms with van der Waals surface area (Å²) in [6, 6.07) is 9.12. The average Bonchev–Trinajstić information content (AvgIpc) is 3.23. The largest absolute Gasteiger partial charge is 0.481 e. The maximum atomic E-state index is 12.8. The van der Waals surface area contributed by atoms with Crippen LogP contribution in [0.2, 0.25) is 0 Å². The van der Waals surface area contributed by atoms with Gasteiger partial charge in [-0.25, -0.2) is 0 Å². The Kier molecular flexibility index (Phi) is 5.38. The lowest BCUT2D eigenvalue weighted by Crippen LogP contribution is -2.30. The van der Waals surface area contributed by atoms with Crippen LogP contribution in [0.3, 0.4) is 0 Å². The van der Waals surface area contributed by atoms with Crippen LogP contribution in [0.25, 0.3) is 5.57 Å². The van der Waals surface area contributed by atoms with E-state index >= 15 is 0 Å². The molecule has 1 aromatic heterocycles. The molecule has 138 valence electrons. The fraction of sp³-hybridized carbons (Fsp3) is 0.118. The lowest BCUT2D eigenvalue weighted by atomic mass is 10.0. The van der Waals surface area contributed by atoms with Crippen molar-refractivity contribution in [3.8, 4) is 0 Å². The first kappa shape index (κ1) is 18.8. The van der Waals surface area contributed by atoms with Gasteiger partial charge in [0.05, 0.1) is 22.5 Å². The molecular formula is C17H12N2O6S2. The lowest BCUT2D eigenvalue weighted by Gasteiger charge is -2.13. The summed E-state index contributed by atoms with van der Waals surface area (Å²) in [6.07, 6.45) is 1.18. The predicted octanol–water partition coefficient (Wildman–Crippen LogP) is 3.28. The number of carbonyl (C=O) groups excluding carboxylic acids is 1. The fourth-order valence-corrected chi connectivity index (χ4v) is 3.93. The molecule has 0 bridgehead atoms. The number of nitrogens with zero attached hydrogens (tertiary/aromatic N) is 2. The molecule has 27 heavy (non-hydrogen) atoms. The molecule has 1 amide bonds. The van der Waals surface area contributed by atoms with Crippen LogP contribution in [0.1, 0.15) is 17.7 Å². The van der Waals surface area contributed by atoms with Crippen LogP contribution in [0.5, 0.6) is 0 Å². The number of nitro groups is 1. The van der Waals surface area contributed by atoms with Crippen LogP contribution in [-0.2, 0) is 9.59 Å². The first-order valence-electron chi connectivity index (χ1n) is 7.67. The van der Waals surface area contributed by atoms with Gasteiger partial charge in [0.2, 0.25) is 0 Å². The first-order valence-corrected chi connectivity index (χ1v) is 8.89. The Hall–Kier alpha value is -2.98. The van der Waals surface area contributed by atoms with Crippen molar-refractivity contribution in [3.63, 3.8) is 0 Å². The molecule has 3 rings (SSSR count). The van der Waals surface area contributed by atoms with Gasteiger partial charge in [0.25, 0.3) is 11.6 Å². The van der Waals surface area contributed by atoms with Gasteiger partial charge in [0.15, 0.2) is 0 Å². The Labute approximate surface area is 162 Å². The van der Waals surface area contributed by atoms with Crippen molar-refractivity contribution in [2.45, 2.75) is 6.42 Å². The summed E-state index contributed by atoms with van der Waals surface area (Å²) in [5.74, 6) is -1.14. The monoisotopic (exact) mass is 404 g/mol. The zero-order chi connectivity index (χ0) is 19.6. The van der Waals surface area contributed by atoms with Crippen LogP contribution < -0.4 is 0 Å². The minimum atomic E-state index is -1.04. The Morgan fingerprint density at radius 2 is 2.11 bits per heavy atom. The van der Waals surface area contributed by atoms with Gasteiger partial charge >= 0.3 is 5.97 Å². The van der Waals surface area contributed by atoms with E-state index in [4.69, 9.17) is 21.7 Å². The number of hydrogen-bond acceptors (Lipinski definition) is 7. The molecule has 10 heteroatoms. The summed E-state index contributed by atoms with van der Waals surface area (Å²) in [5.41, 5.74) is 0.676. The Morgan fingerprint density at radius 1 is 1.33 bits per heavy atom. The molecule has 0 aliphatic carbocycles. The van der Waals surface area contributed by atoms with Gasteiger partial charge in [-0.05, 0) is 17.7 Å². The van der Waals surface area contributed by atoms with Crippen molar-refractivity contribution in [3.05, 3.63) is 69.0 Å². The summed E-state index contributed by atoms with van der Waals surface area (Å²) in [7, 11) is 0. The van der Waals surface area contributed by atoms with Gasteiger partial charge in [-0.1, -0.05) is 36.1 Å². The lowest BCUT2D eigenvalue weighted by molar-refractivity contribution is -0.384. The molecule has 1 aliphatic rings. The molecule has 8 nitrogen and oxygen atoms in total. The second-order valence-electron chi connectivity index (χ2n) is 5.46. The van der Waals surface area contributed by atoms with Gasteiger partial charge in [0, 0.05) is 24.3 Å². The summed E-state index contributed by atoms with van der Waals surface area (Å²) in [5, 5.41) is 20.0. The normalized spacial score (nSPS) is 15.9. The van der Waals surface area contributed by atoms with E-state index in [9.17, 15) is 19.7 Å². The third-order valence-electron chi connectivity index (χ3n) is 3.74. The minimum absolute atomic E-state index is 0.0517. The molecular weight excluding hydrogens is 392 g/mol. The van der Waals surface area contributed by atoms with Crippen LogP contribution in [0.15, 0.2) is 52.0 Å². The van der Waals surface area contributed by atoms with Crippen LogP contribution in [0, 0.1) is 10.1 Å². The number of thioether (sulfide) groups is 1. The van der Waals surface area contributed by atoms with Crippen molar-refractivity contribution in [1.82, 2.24) is 4.90 Å². The number of nitro benzene ring substituents is 1. The highest BCUT2D eigenvalue weighted by molar-refractivity contribution is 8.26. The molecule has 0 radical (unpaired) electrons. The number of carboxylic acid groups (broad SMARTS) is 1. The van der Waals surface area contributed by atoms with Crippen molar-refractivity contribution >= 4 is 51.4 Å². The Morgan fingerprint density at radius 3 is 2.74 bits per heavy atom. The minimum Gasteiger partial charge on any atom is -0.481 e. The van der Waals surface area contributed by atoms with Crippen molar-refractivity contribution in [2.24, 2.45) is 0 Å². The molecule has 1 aromatic carbocycles. The molecule has 1 N–H and O–H groups in total. The van der Waals surface area contributed by atoms with Gasteiger partial charge < -0.3 is 9.52 Å². The van der Waals surface area contributed by atoms with E-state index in [1.165, 1.54) is 29.4 Å². The maximum absolute atomic E-state index is 12.8. The average molecular weight is 404 g/mol. The number of rotatable bonds is 6. The summed E-state index contributed by atoms with van der Waals surface area (Å²) in [6.45, 7) is -0.0517. The zero-order valence-corrected chi connectivity index (χ0v) is 15.3. The quantitative estimate of drug-likeness (QED) is 0.338. The topological polar surface area (TPSA) is 114 Å². The smallest absolute Gasteiger partial charge is 0.305 e. The highest BCUT2D eigenvalue weighted by atomic mass is 32.2. The van der Waals surface area contributed by atoms with Crippen molar-refractivity contribution in [2.75, 3.05) is 6.54 Å². The highest BCUT2D eigenvalue weighted by Crippen LogP contribution is 2.40. The molecule has 1 aliphatic heterocycles. The Bertz CT molecular complexity index is 968. The molecule has 2 aromatic rings. The van der Waals surface area contributed by atoms with E-state index in [-0.39, 0.29) is 27.9 Å². The third kappa shape index (κ3) is 3.91. The number of non-ortho nitro benzene ring substituents is 1. The van der Waals surface area contributed by atoms with E-state index < -0.39 is 16.8 Å². The van der Waals surface area contributed by atoms with Crippen molar-refractivity contribution in [1.29, 1.82) is 0 Å². The molecule has 1 saturated heterocycles.